The van der Waals surface area contributed by atoms with E-state index in [1.54, 1.807) is 0 Å². The SMILES string of the molecule is N#Cc1cc(NCC(O)c2ccc(F)cc2)nc2ccc([N+](=O)[O-])cc12. The minimum absolute atomic E-state index is 0.0992. The van der Waals surface area contributed by atoms with E-state index >= 15 is 0 Å². The van der Waals surface area contributed by atoms with E-state index in [0.717, 1.165) is 0 Å². The number of anilines is 1. The molecule has 7 nitrogen and oxygen atoms in total. The lowest BCUT2D eigenvalue weighted by molar-refractivity contribution is -0.384. The molecule has 0 fully saturated rings. The predicted octanol–water partition coefficient (Wildman–Crippen LogP) is 3.30. The number of hydrogen-bond acceptors (Lipinski definition) is 6. The standard InChI is InChI=1S/C18H13FN4O3/c19-13-3-1-11(2-4-13)17(24)10-21-18-7-12(9-20)15-8-14(23(25)26)5-6-16(15)22-18/h1-8,17,24H,10H2,(H,21,22). The summed E-state index contributed by atoms with van der Waals surface area (Å²) in [5, 5.41) is 33.7. The molecular formula is C18H13FN4O3. The number of nitro benzene ring substituents is 1. The zero-order chi connectivity index (χ0) is 18.7. The van der Waals surface area contributed by atoms with Gasteiger partial charge in [-0.1, -0.05) is 12.1 Å². The van der Waals surface area contributed by atoms with E-state index < -0.39 is 16.8 Å². The van der Waals surface area contributed by atoms with Crippen LogP contribution < -0.4 is 5.32 Å². The molecule has 1 atom stereocenters. The smallest absolute Gasteiger partial charge is 0.270 e. The van der Waals surface area contributed by atoms with Crippen molar-refractivity contribution in [1.29, 1.82) is 5.26 Å². The molecule has 2 N–H and O–H groups in total. The number of hydrogen-bond donors (Lipinski definition) is 2. The normalized spacial score (nSPS) is 11.7. The third-order valence-corrected chi connectivity index (χ3v) is 3.85. The Hall–Kier alpha value is -3.57. The highest BCUT2D eigenvalue weighted by molar-refractivity contribution is 5.88. The minimum atomic E-state index is -0.893. The summed E-state index contributed by atoms with van der Waals surface area (Å²) >= 11 is 0. The van der Waals surface area contributed by atoms with Gasteiger partial charge in [0.05, 0.1) is 28.2 Å². The Balaban J connectivity index is 1.84. The van der Waals surface area contributed by atoms with Crippen molar-refractivity contribution in [3.05, 3.63) is 75.6 Å². The topological polar surface area (TPSA) is 112 Å². The molecule has 8 heteroatoms. The van der Waals surface area contributed by atoms with Crippen molar-refractivity contribution in [2.24, 2.45) is 0 Å². The van der Waals surface area contributed by atoms with Gasteiger partial charge < -0.3 is 10.4 Å². The zero-order valence-corrected chi connectivity index (χ0v) is 13.4. The van der Waals surface area contributed by atoms with E-state index in [1.165, 1.54) is 48.5 Å². The molecule has 3 rings (SSSR count). The van der Waals surface area contributed by atoms with Crippen molar-refractivity contribution in [2.75, 3.05) is 11.9 Å². The molecule has 0 saturated heterocycles. The van der Waals surface area contributed by atoms with Gasteiger partial charge in [0.15, 0.2) is 0 Å². The molecule has 1 heterocycles. The van der Waals surface area contributed by atoms with Gasteiger partial charge in [0.25, 0.3) is 5.69 Å². The fraction of sp³-hybridized carbons (Fsp3) is 0.111. The van der Waals surface area contributed by atoms with Gasteiger partial charge in [0.2, 0.25) is 0 Å². The molecule has 26 heavy (non-hydrogen) atoms. The average molecular weight is 352 g/mol. The average Bonchev–Trinajstić information content (AvgIpc) is 2.65. The first-order valence-corrected chi connectivity index (χ1v) is 7.64. The number of halogens is 1. The van der Waals surface area contributed by atoms with E-state index in [4.69, 9.17) is 0 Å². The summed E-state index contributed by atoms with van der Waals surface area (Å²) in [6.07, 6.45) is -0.893. The van der Waals surface area contributed by atoms with Crippen LogP contribution in [-0.2, 0) is 0 Å². The van der Waals surface area contributed by atoms with Crippen LogP contribution in [0, 0.1) is 27.3 Å². The van der Waals surface area contributed by atoms with Crippen LogP contribution in [0.15, 0.2) is 48.5 Å². The van der Waals surface area contributed by atoms with Crippen LogP contribution in [-0.4, -0.2) is 21.6 Å². The highest BCUT2D eigenvalue weighted by Gasteiger charge is 2.13. The van der Waals surface area contributed by atoms with Crippen LogP contribution in [0.3, 0.4) is 0 Å². The first kappa shape index (κ1) is 17.3. The zero-order valence-electron chi connectivity index (χ0n) is 13.4. The number of nitrogens with zero attached hydrogens (tertiary/aromatic N) is 3. The van der Waals surface area contributed by atoms with Gasteiger partial charge >= 0.3 is 0 Å². The maximum absolute atomic E-state index is 12.9. The van der Waals surface area contributed by atoms with Gasteiger partial charge in [-0.3, -0.25) is 10.1 Å². The number of nitriles is 1. The molecule has 1 aromatic heterocycles. The third-order valence-electron chi connectivity index (χ3n) is 3.85. The summed E-state index contributed by atoms with van der Waals surface area (Å²) in [5.74, 6) is -0.0399. The Morgan fingerprint density at radius 1 is 1.27 bits per heavy atom. The number of benzene rings is 2. The molecule has 0 spiro atoms. The maximum atomic E-state index is 12.9. The molecule has 0 aliphatic rings. The molecule has 0 bridgehead atoms. The molecule has 2 aromatic carbocycles. The Morgan fingerprint density at radius 3 is 2.65 bits per heavy atom. The Kier molecular flexibility index (Phi) is 4.73. The van der Waals surface area contributed by atoms with Crippen molar-refractivity contribution in [3.63, 3.8) is 0 Å². The van der Waals surface area contributed by atoms with Crippen LogP contribution in [0.1, 0.15) is 17.2 Å². The van der Waals surface area contributed by atoms with Gasteiger partial charge in [-0.2, -0.15) is 5.26 Å². The summed E-state index contributed by atoms with van der Waals surface area (Å²) in [7, 11) is 0. The Morgan fingerprint density at radius 2 is 2.00 bits per heavy atom. The number of rotatable bonds is 5. The Bertz CT molecular complexity index is 1020. The second kappa shape index (κ2) is 7.13. The number of nitrogens with one attached hydrogen (secondary N) is 1. The molecule has 0 saturated carbocycles. The minimum Gasteiger partial charge on any atom is -0.387 e. The number of nitro groups is 1. The summed E-state index contributed by atoms with van der Waals surface area (Å²) in [5.41, 5.74) is 1.07. The van der Waals surface area contributed by atoms with Gasteiger partial charge in [-0.25, -0.2) is 9.37 Å². The van der Waals surface area contributed by atoms with Crippen LogP contribution in [0.4, 0.5) is 15.9 Å². The lowest BCUT2D eigenvalue weighted by Gasteiger charge is -2.13. The third kappa shape index (κ3) is 3.58. The van der Waals surface area contributed by atoms with Crippen molar-refractivity contribution >= 4 is 22.4 Å². The van der Waals surface area contributed by atoms with E-state index in [2.05, 4.69) is 10.3 Å². The number of aliphatic hydroxyl groups excluding tert-OH is 1. The van der Waals surface area contributed by atoms with E-state index in [1.807, 2.05) is 6.07 Å². The second-order valence-corrected chi connectivity index (χ2v) is 5.57. The van der Waals surface area contributed by atoms with Crippen LogP contribution in [0.5, 0.6) is 0 Å². The summed E-state index contributed by atoms with van der Waals surface area (Å²) in [6.45, 7) is 0.0992. The summed E-state index contributed by atoms with van der Waals surface area (Å²) < 4.78 is 12.9. The predicted molar refractivity (Wildman–Crippen MR) is 93.0 cm³/mol. The molecular weight excluding hydrogens is 339 g/mol. The lowest BCUT2D eigenvalue weighted by atomic mass is 10.1. The Labute approximate surface area is 147 Å². The fourth-order valence-electron chi connectivity index (χ4n) is 2.51. The summed E-state index contributed by atoms with van der Waals surface area (Å²) in [6, 6.07) is 13.0. The first-order chi connectivity index (χ1) is 12.5. The second-order valence-electron chi connectivity index (χ2n) is 5.57. The van der Waals surface area contributed by atoms with Gasteiger partial charge in [0, 0.05) is 24.1 Å². The van der Waals surface area contributed by atoms with Gasteiger partial charge in [-0.15, -0.1) is 0 Å². The number of fused-ring (bicyclic) bond motifs is 1. The number of aromatic nitrogens is 1. The maximum Gasteiger partial charge on any atom is 0.270 e. The first-order valence-electron chi connectivity index (χ1n) is 7.64. The molecule has 1 unspecified atom stereocenters. The quantitative estimate of drug-likeness (QED) is 0.538. The van der Waals surface area contributed by atoms with Gasteiger partial charge in [0.1, 0.15) is 11.6 Å². The molecule has 0 aliphatic heterocycles. The van der Waals surface area contributed by atoms with Crippen molar-refractivity contribution in [2.45, 2.75) is 6.10 Å². The molecule has 0 radical (unpaired) electrons. The van der Waals surface area contributed by atoms with Crippen molar-refractivity contribution < 1.29 is 14.4 Å². The molecule has 0 amide bonds. The van der Waals surface area contributed by atoms with Crippen molar-refractivity contribution in [1.82, 2.24) is 4.98 Å². The largest absolute Gasteiger partial charge is 0.387 e. The van der Waals surface area contributed by atoms with Crippen LogP contribution in [0.2, 0.25) is 0 Å². The fourth-order valence-corrected chi connectivity index (χ4v) is 2.51. The highest BCUT2D eigenvalue weighted by atomic mass is 19.1. The molecule has 0 aliphatic carbocycles. The highest BCUT2D eigenvalue weighted by Crippen LogP contribution is 2.25. The van der Waals surface area contributed by atoms with Crippen LogP contribution >= 0.6 is 0 Å². The van der Waals surface area contributed by atoms with Crippen molar-refractivity contribution in [3.8, 4) is 6.07 Å². The summed E-state index contributed by atoms with van der Waals surface area (Å²) in [4.78, 5) is 14.7. The van der Waals surface area contributed by atoms with E-state index in [-0.39, 0.29) is 17.8 Å². The number of pyridine rings is 1. The van der Waals surface area contributed by atoms with Crippen LogP contribution in [0.25, 0.3) is 10.9 Å². The molecule has 130 valence electrons. The monoisotopic (exact) mass is 352 g/mol. The van der Waals surface area contributed by atoms with E-state index in [0.29, 0.717) is 22.3 Å². The lowest BCUT2D eigenvalue weighted by Crippen LogP contribution is -2.13. The van der Waals surface area contributed by atoms with Gasteiger partial charge in [-0.05, 0) is 29.8 Å². The number of aliphatic hydroxyl groups is 1. The molecule has 3 aromatic rings. The van der Waals surface area contributed by atoms with E-state index in [9.17, 15) is 24.9 Å². The number of non-ortho nitro benzene ring substituents is 1.